The second-order valence-corrected chi connectivity index (χ2v) is 5.98. The van der Waals surface area contributed by atoms with Crippen LogP contribution in [-0.4, -0.2) is 92.3 Å². The zero-order chi connectivity index (χ0) is 17.2. The Labute approximate surface area is 140 Å². The van der Waals surface area contributed by atoms with E-state index < -0.39 is 0 Å². The molecule has 0 saturated carbocycles. The van der Waals surface area contributed by atoms with E-state index in [4.69, 9.17) is 9.73 Å². The summed E-state index contributed by atoms with van der Waals surface area (Å²) in [5.41, 5.74) is 0. The monoisotopic (exact) mass is 327 g/mol. The standard InChI is InChI=1S/C16H33N5O2/c1-6-17-15(18-8-9-19(5)14(3)4)20-10-12-21(13-11-20)16(22)23-7-2/h14H,6-13H2,1-5H3,(H,17,18). The van der Waals surface area contributed by atoms with Gasteiger partial charge in [0.25, 0.3) is 0 Å². The lowest BCUT2D eigenvalue weighted by atomic mass is 10.3. The van der Waals surface area contributed by atoms with E-state index in [9.17, 15) is 4.79 Å². The highest BCUT2D eigenvalue weighted by molar-refractivity contribution is 5.80. The maximum Gasteiger partial charge on any atom is 0.409 e. The van der Waals surface area contributed by atoms with E-state index in [0.717, 1.165) is 38.7 Å². The number of ether oxygens (including phenoxy) is 1. The molecular weight excluding hydrogens is 294 g/mol. The van der Waals surface area contributed by atoms with E-state index >= 15 is 0 Å². The van der Waals surface area contributed by atoms with Crippen molar-refractivity contribution in [2.75, 3.05) is 59.5 Å². The molecule has 0 aliphatic carbocycles. The van der Waals surface area contributed by atoms with Crippen molar-refractivity contribution < 1.29 is 9.53 Å². The van der Waals surface area contributed by atoms with Crippen LogP contribution in [0.2, 0.25) is 0 Å². The summed E-state index contributed by atoms with van der Waals surface area (Å²) in [5.74, 6) is 0.938. The molecule has 1 aliphatic rings. The van der Waals surface area contributed by atoms with Gasteiger partial charge in [-0.25, -0.2) is 4.79 Å². The van der Waals surface area contributed by atoms with Crippen LogP contribution in [0.5, 0.6) is 0 Å². The molecule has 1 heterocycles. The Kier molecular flexibility index (Phi) is 8.76. The molecule has 0 aromatic carbocycles. The fourth-order valence-corrected chi connectivity index (χ4v) is 2.31. The van der Waals surface area contributed by atoms with Gasteiger partial charge in [-0.05, 0) is 34.7 Å². The third kappa shape index (κ3) is 6.64. The molecule has 0 spiro atoms. The van der Waals surface area contributed by atoms with Crippen LogP contribution in [0.1, 0.15) is 27.7 Å². The first-order valence-corrected chi connectivity index (χ1v) is 8.64. The molecule has 0 aromatic rings. The van der Waals surface area contributed by atoms with Gasteiger partial charge in [-0.1, -0.05) is 0 Å². The van der Waals surface area contributed by atoms with E-state index in [1.165, 1.54) is 0 Å². The number of nitrogens with one attached hydrogen (secondary N) is 1. The van der Waals surface area contributed by atoms with E-state index in [0.29, 0.717) is 25.7 Å². The highest BCUT2D eigenvalue weighted by Crippen LogP contribution is 2.04. The molecule has 1 amide bonds. The number of piperazine rings is 1. The molecule has 1 saturated heterocycles. The minimum absolute atomic E-state index is 0.215. The van der Waals surface area contributed by atoms with Crippen LogP contribution in [0.4, 0.5) is 4.79 Å². The number of likely N-dealkylation sites (N-methyl/N-ethyl adjacent to an activating group) is 1. The average Bonchev–Trinajstić information content (AvgIpc) is 2.54. The number of rotatable bonds is 6. The van der Waals surface area contributed by atoms with Crippen LogP contribution in [-0.2, 0) is 4.74 Å². The van der Waals surface area contributed by atoms with Crippen molar-refractivity contribution in [3.05, 3.63) is 0 Å². The highest BCUT2D eigenvalue weighted by Gasteiger charge is 2.23. The molecule has 1 aliphatic heterocycles. The van der Waals surface area contributed by atoms with Crippen LogP contribution in [0.3, 0.4) is 0 Å². The van der Waals surface area contributed by atoms with Crippen LogP contribution < -0.4 is 5.32 Å². The summed E-state index contributed by atoms with van der Waals surface area (Å²) in [7, 11) is 2.12. The first-order valence-electron chi connectivity index (χ1n) is 8.64. The summed E-state index contributed by atoms with van der Waals surface area (Å²) in [6.45, 7) is 14.2. The van der Waals surface area contributed by atoms with Crippen LogP contribution >= 0.6 is 0 Å². The molecular formula is C16H33N5O2. The van der Waals surface area contributed by atoms with Gasteiger partial charge in [0.05, 0.1) is 13.2 Å². The van der Waals surface area contributed by atoms with Gasteiger partial charge in [0.15, 0.2) is 5.96 Å². The Morgan fingerprint density at radius 3 is 2.35 bits per heavy atom. The van der Waals surface area contributed by atoms with E-state index in [1.54, 1.807) is 4.90 Å². The van der Waals surface area contributed by atoms with Crippen LogP contribution in [0.25, 0.3) is 0 Å². The average molecular weight is 327 g/mol. The van der Waals surface area contributed by atoms with Gasteiger partial charge in [0.1, 0.15) is 0 Å². The van der Waals surface area contributed by atoms with Gasteiger partial charge in [-0.2, -0.15) is 0 Å². The van der Waals surface area contributed by atoms with Crippen molar-refractivity contribution in [2.45, 2.75) is 33.7 Å². The molecule has 0 aromatic heterocycles. The Balaban J connectivity index is 2.50. The zero-order valence-electron chi connectivity index (χ0n) is 15.3. The lowest BCUT2D eigenvalue weighted by Crippen LogP contribution is -2.54. The van der Waals surface area contributed by atoms with Crippen molar-refractivity contribution in [1.29, 1.82) is 0 Å². The summed E-state index contributed by atoms with van der Waals surface area (Å²) in [4.78, 5) is 22.7. The van der Waals surface area contributed by atoms with Gasteiger partial charge in [0.2, 0.25) is 0 Å². The minimum atomic E-state index is -0.215. The molecule has 0 radical (unpaired) electrons. The first kappa shape index (κ1) is 19.5. The number of carbonyl (C=O) groups is 1. The second kappa shape index (κ2) is 10.3. The lowest BCUT2D eigenvalue weighted by molar-refractivity contribution is 0.0914. The topological polar surface area (TPSA) is 60.4 Å². The fourth-order valence-electron chi connectivity index (χ4n) is 2.31. The molecule has 1 rings (SSSR count). The number of carbonyl (C=O) groups excluding carboxylic acids is 1. The van der Waals surface area contributed by atoms with Gasteiger partial charge >= 0.3 is 6.09 Å². The Morgan fingerprint density at radius 2 is 1.83 bits per heavy atom. The summed E-state index contributed by atoms with van der Waals surface area (Å²) in [6, 6.07) is 0.529. The normalized spacial score (nSPS) is 16.2. The van der Waals surface area contributed by atoms with E-state index in [2.05, 4.69) is 42.9 Å². The Hall–Kier alpha value is -1.50. The SMILES string of the molecule is CCNC(=NCCN(C)C(C)C)N1CCN(C(=O)OCC)CC1. The van der Waals surface area contributed by atoms with Crippen molar-refractivity contribution in [3.8, 4) is 0 Å². The van der Waals surface area contributed by atoms with Gasteiger partial charge < -0.3 is 24.8 Å². The maximum absolute atomic E-state index is 11.7. The van der Waals surface area contributed by atoms with Crippen LogP contribution in [0, 0.1) is 0 Å². The molecule has 1 N–H and O–H groups in total. The summed E-state index contributed by atoms with van der Waals surface area (Å²) in [6.07, 6.45) is -0.215. The van der Waals surface area contributed by atoms with Gasteiger partial charge in [-0.3, -0.25) is 4.99 Å². The number of amides is 1. The first-order chi connectivity index (χ1) is 11.0. The van der Waals surface area contributed by atoms with Crippen molar-refractivity contribution >= 4 is 12.1 Å². The number of guanidine groups is 1. The highest BCUT2D eigenvalue weighted by atomic mass is 16.6. The van der Waals surface area contributed by atoms with E-state index in [-0.39, 0.29) is 6.09 Å². The Morgan fingerprint density at radius 1 is 1.22 bits per heavy atom. The predicted octanol–water partition coefficient (Wildman–Crippen LogP) is 1.07. The lowest BCUT2D eigenvalue weighted by Gasteiger charge is -2.36. The second-order valence-electron chi connectivity index (χ2n) is 5.98. The van der Waals surface area contributed by atoms with Crippen LogP contribution in [0.15, 0.2) is 4.99 Å². The molecule has 7 nitrogen and oxygen atoms in total. The van der Waals surface area contributed by atoms with Gasteiger partial charge in [-0.15, -0.1) is 0 Å². The number of nitrogens with zero attached hydrogens (tertiary/aromatic N) is 4. The third-order valence-electron chi connectivity index (χ3n) is 4.04. The minimum Gasteiger partial charge on any atom is -0.450 e. The van der Waals surface area contributed by atoms with Crippen molar-refractivity contribution in [1.82, 2.24) is 20.0 Å². The summed E-state index contributed by atoms with van der Waals surface area (Å²) < 4.78 is 5.06. The van der Waals surface area contributed by atoms with E-state index in [1.807, 2.05) is 6.92 Å². The molecule has 134 valence electrons. The zero-order valence-corrected chi connectivity index (χ0v) is 15.3. The predicted molar refractivity (Wildman–Crippen MR) is 93.9 cm³/mol. The molecule has 0 atom stereocenters. The molecule has 23 heavy (non-hydrogen) atoms. The van der Waals surface area contributed by atoms with Crippen molar-refractivity contribution in [2.24, 2.45) is 4.99 Å². The molecule has 7 heteroatoms. The molecule has 0 bridgehead atoms. The smallest absolute Gasteiger partial charge is 0.409 e. The van der Waals surface area contributed by atoms with Crippen molar-refractivity contribution in [3.63, 3.8) is 0 Å². The molecule has 0 unspecified atom stereocenters. The largest absolute Gasteiger partial charge is 0.450 e. The maximum atomic E-state index is 11.7. The fraction of sp³-hybridized carbons (Fsp3) is 0.875. The number of hydrogen-bond donors (Lipinski definition) is 1. The Bertz CT molecular complexity index is 379. The van der Waals surface area contributed by atoms with Gasteiger partial charge in [0, 0.05) is 45.3 Å². The quantitative estimate of drug-likeness (QED) is 0.584. The molecule has 1 fully saturated rings. The summed E-state index contributed by atoms with van der Waals surface area (Å²) in [5, 5.41) is 3.35. The number of aliphatic imine (C=N–C) groups is 1. The third-order valence-corrected chi connectivity index (χ3v) is 4.04. The summed E-state index contributed by atoms with van der Waals surface area (Å²) >= 11 is 0. The number of hydrogen-bond acceptors (Lipinski definition) is 4.